The third-order valence-electron chi connectivity index (χ3n) is 4.56. The van der Waals surface area contributed by atoms with E-state index in [-0.39, 0.29) is 4.91 Å². The molecule has 2 saturated heterocycles. The molecule has 8 heteroatoms. The topological polar surface area (TPSA) is 76.2 Å². The summed E-state index contributed by atoms with van der Waals surface area (Å²) in [5.41, 5.74) is 1.10. The first-order valence-corrected chi connectivity index (χ1v) is 10.4. The number of carbonyl (C=O) groups is 3. The number of benzene rings is 1. The van der Waals surface area contributed by atoms with E-state index in [1.165, 1.54) is 12.8 Å². The van der Waals surface area contributed by atoms with Gasteiger partial charge in [-0.2, -0.15) is 0 Å². The van der Waals surface area contributed by atoms with Gasteiger partial charge < -0.3 is 14.4 Å². The van der Waals surface area contributed by atoms with Gasteiger partial charge in [-0.25, -0.2) is 0 Å². The molecule has 1 aromatic carbocycles. The van der Waals surface area contributed by atoms with Crippen molar-refractivity contribution in [3.05, 3.63) is 28.7 Å². The van der Waals surface area contributed by atoms with Crippen LogP contribution in [0.5, 0.6) is 5.75 Å². The number of rotatable bonds is 5. The summed E-state index contributed by atoms with van der Waals surface area (Å²) in [6.45, 7) is 6.84. The van der Waals surface area contributed by atoms with Gasteiger partial charge >= 0.3 is 5.97 Å². The fourth-order valence-electron chi connectivity index (χ4n) is 3.27. The van der Waals surface area contributed by atoms with E-state index >= 15 is 0 Å². The molecule has 2 aliphatic heterocycles. The predicted octanol–water partition coefficient (Wildman–Crippen LogP) is 3.67. The van der Waals surface area contributed by atoms with Gasteiger partial charge in [-0.05, 0) is 63.6 Å². The zero-order chi connectivity index (χ0) is 21.2. The lowest BCUT2D eigenvalue weighted by atomic mass is 10.1. The highest BCUT2D eigenvalue weighted by Gasteiger charge is 2.37. The Labute approximate surface area is 175 Å². The molecule has 2 fully saturated rings. The smallest absolute Gasteiger partial charge is 0.326 e. The van der Waals surface area contributed by atoms with Gasteiger partial charge in [0.15, 0.2) is 0 Å². The molecule has 156 valence electrons. The molecule has 0 N–H and O–H groups in total. The van der Waals surface area contributed by atoms with Crippen molar-refractivity contribution >= 4 is 40.6 Å². The van der Waals surface area contributed by atoms with Crippen molar-refractivity contribution in [2.45, 2.75) is 39.2 Å². The number of anilines is 1. The van der Waals surface area contributed by atoms with Crippen molar-refractivity contribution in [2.75, 3.05) is 31.6 Å². The first-order chi connectivity index (χ1) is 13.7. The van der Waals surface area contributed by atoms with Gasteiger partial charge in [-0.15, -0.1) is 0 Å². The van der Waals surface area contributed by atoms with Crippen LogP contribution >= 0.6 is 11.8 Å². The fourth-order valence-corrected chi connectivity index (χ4v) is 4.10. The van der Waals surface area contributed by atoms with Crippen LogP contribution in [0.25, 0.3) is 6.08 Å². The molecule has 29 heavy (non-hydrogen) atoms. The molecule has 3 rings (SSSR count). The van der Waals surface area contributed by atoms with Crippen LogP contribution in [0.2, 0.25) is 0 Å². The standard InChI is InChI=1S/C21H26N2O5S/c1-21(2,3)28-18(24)13-23-19(25)17(29-20(23)26)11-14-7-8-15(12-16(14)27-4)22-9-5-6-10-22/h7-8,11-12H,5-6,9-10,13H2,1-4H3/b17-11+. The molecule has 2 aliphatic rings. The molecule has 0 spiro atoms. The molecular weight excluding hydrogens is 392 g/mol. The number of methoxy groups -OCH3 is 1. The zero-order valence-electron chi connectivity index (χ0n) is 17.2. The Balaban J connectivity index is 1.77. The van der Waals surface area contributed by atoms with Crippen molar-refractivity contribution < 1.29 is 23.9 Å². The highest BCUT2D eigenvalue weighted by molar-refractivity contribution is 8.18. The second kappa shape index (κ2) is 8.49. The molecule has 0 aromatic heterocycles. The maximum absolute atomic E-state index is 12.7. The minimum atomic E-state index is -0.681. The summed E-state index contributed by atoms with van der Waals surface area (Å²) >= 11 is 0.810. The summed E-state index contributed by atoms with van der Waals surface area (Å²) in [5.74, 6) is -0.488. The lowest BCUT2D eigenvalue weighted by Crippen LogP contribution is -2.37. The largest absolute Gasteiger partial charge is 0.496 e. The summed E-state index contributed by atoms with van der Waals surface area (Å²) in [6, 6.07) is 5.82. The van der Waals surface area contributed by atoms with Gasteiger partial charge in [0.2, 0.25) is 0 Å². The van der Waals surface area contributed by atoms with E-state index in [1.54, 1.807) is 34.0 Å². The highest BCUT2D eigenvalue weighted by Crippen LogP contribution is 2.35. The number of esters is 1. The van der Waals surface area contributed by atoms with Crippen LogP contribution in [-0.4, -0.2) is 54.4 Å². The summed E-state index contributed by atoms with van der Waals surface area (Å²) in [4.78, 5) is 40.4. The van der Waals surface area contributed by atoms with Crippen LogP contribution in [0, 0.1) is 0 Å². The summed E-state index contributed by atoms with van der Waals surface area (Å²) in [7, 11) is 1.58. The Bertz CT molecular complexity index is 853. The number of hydrogen-bond donors (Lipinski definition) is 0. The Kier molecular flexibility index (Phi) is 6.21. The molecule has 7 nitrogen and oxygen atoms in total. The lowest BCUT2D eigenvalue weighted by molar-refractivity contribution is -0.156. The maximum atomic E-state index is 12.7. The summed E-state index contributed by atoms with van der Waals surface area (Å²) in [5, 5.41) is -0.486. The van der Waals surface area contributed by atoms with E-state index in [0.717, 1.165) is 35.4 Å². The van der Waals surface area contributed by atoms with Gasteiger partial charge in [0.25, 0.3) is 11.1 Å². The third kappa shape index (κ3) is 5.12. The third-order valence-corrected chi connectivity index (χ3v) is 5.46. The fraction of sp³-hybridized carbons (Fsp3) is 0.476. The number of imide groups is 1. The van der Waals surface area contributed by atoms with Crippen LogP contribution in [0.3, 0.4) is 0 Å². The Morgan fingerprint density at radius 2 is 1.90 bits per heavy atom. The van der Waals surface area contributed by atoms with Crippen LogP contribution in [0.4, 0.5) is 10.5 Å². The molecular formula is C21H26N2O5S. The molecule has 0 aliphatic carbocycles. The van der Waals surface area contributed by atoms with Crippen molar-refractivity contribution in [3.63, 3.8) is 0 Å². The number of nitrogens with zero attached hydrogens (tertiary/aromatic N) is 2. The lowest BCUT2D eigenvalue weighted by Gasteiger charge is -2.21. The number of hydrogen-bond acceptors (Lipinski definition) is 7. The first-order valence-electron chi connectivity index (χ1n) is 9.58. The van der Waals surface area contributed by atoms with Crippen molar-refractivity contribution in [1.29, 1.82) is 0 Å². The number of ether oxygens (including phenoxy) is 2. The zero-order valence-corrected chi connectivity index (χ0v) is 18.0. The summed E-state index contributed by atoms with van der Waals surface area (Å²) < 4.78 is 10.7. The molecule has 0 unspecified atom stereocenters. The monoisotopic (exact) mass is 418 g/mol. The van der Waals surface area contributed by atoms with E-state index in [0.29, 0.717) is 11.3 Å². The van der Waals surface area contributed by atoms with Crippen molar-refractivity contribution in [3.8, 4) is 5.75 Å². The molecule has 0 bridgehead atoms. The van der Waals surface area contributed by atoms with E-state index in [2.05, 4.69) is 4.90 Å². The Morgan fingerprint density at radius 3 is 2.52 bits per heavy atom. The highest BCUT2D eigenvalue weighted by atomic mass is 32.2. The molecule has 0 atom stereocenters. The van der Waals surface area contributed by atoms with Crippen molar-refractivity contribution in [1.82, 2.24) is 4.90 Å². The van der Waals surface area contributed by atoms with E-state index in [1.807, 2.05) is 18.2 Å². The predicted molar refractivity (Wildman–Crippen MR) is 113 cm³/mol. The number of carbonyl (C=O) groups excluding carboxylic acids is 3. The van der Waals surface area contributed by atoms with Gasteiger partial charge in [-0.1, -0.05) is 0 Å². The molecule has 2 amide bonds. The Morgan fingerprint density at radius 1 is 1.21 bits per heavy atom. The van der Waals surface area contributed by atoms with Gasteiger partial charge in [0.05, 0.1) is 12.0 Å². The first kappa shape index (κ1) is 21.2. The Hall–Kier alpha value is -2.48. The van der Waals surface area contributed by atoms with Crippen LogP contribution < -0.4 is 9.64 Å². The minimum absolute atomic E-state index is 0.255. The SMILES string of the molecule is COc1cc(N2CCCC2)ccc1/C=C1/SC(=O)N(CC(=O)OC(C)(C)C)C1=O. The molecule has 0 radical (unpaired) electrons. The van der Waals surface area contributed by atoms with E-state index < -0.39 is 29.3 Å². The van der Waals surface area contributed by atoms with Gasteiger partial charge in [0, 0.05) is 30.4 Å². The van der Waals surface area contributed by atoms with Crippen LogP contribution in [0.15, 0.2) is 23.1 Å². The second-order valence-corrected chi connectivity index (χ2v) is 8.97. The molecule has 1 aromatic rings. The second-order valence-electron chi connectivity index (χ2n) is 7.97. The van der Waals surface area contributed by atoms with E-state index in [4.69, 9.17) is 9.47 Å². The van der Waals surface area contributed by atoms with Crippen molar-refractivity contribution in [2.24, 2.45) is 0 Å². The normalized spacial score (nSPS) is 18.7. The molecule has 2 heterocycles. The van der Waals surface area contributed by atoms with Crippen LogP contribution in [0.1, 0.15) is 39.2 Å². The molecule has 0 saturated carbocycles. The average Bonchev–Trinajstić information content (AvgIpc) is 3.25. The van der Waals surface area contributed by atoms with Crippen LogP contribution in [-0.2, 0) is 14.3 Å². The van der Waals surface area contributed by atoms with E-state index in [9.17, 15) is 14.4 Å². The minimum Gasteiger partial charge on any atom is -0.496 e. The average molecular weight is 419 g/mol. The van der Waals surface area contributed by atoms with Gasteiger partial charge in [0.1, 0.15) is 17.9 Å². The number of thioether (sulfide) groups is 1. The quantitative estimate of drug-likeness (QED) is 0.533. The summed E-state index contributed by atoms with van der Waals surface area (Å²) in [6.07, 6.45) is 3.98. The number of amides is 2. The van der Waals surface area contributed by atoms with Gasteiger partial charge in [-0.3, -0.25) is 19.3 Å². The maximum Gasteiger partial charge on any atom is 0.326 e.